The van der Waals surface area contributed by atoms with Crippen molar-refractivity contribution < 1.29 is 14.0 Å². The molecule has 74 valence electrons. The van der Waals surface area contributed by atoms with Gasteiger partial charge in [0.2, 0.25) is 0 Å². The van der Waals surface area contributed by atoms with E-state index in [1.54, 1.807) is 13.8 Å². The molecule has 0 aromatic heterocycles. The van der Waals surface area contributed by atoms with Crippen molar-refractivity contribution in [2.45, 2.75) is 39.8 Å². The van der Waals surface area contributed by atoms with Crippen LogP contribution in [0.5, 0.6) is 0 Å². The summed E-state index contributed by atoms with van der Waals surface area (Å²) in [7, 11) is -3.32. The van der Waals surface area contributed by atoms with Crippen molar-refractivity contribution in [2.24, 2.45) is 5.92 Å². The third-order valence-corrected chi connectivity index (χ3v) is 3.48. The first kappa shape index (κ1) is 12.2. The highest BCUT2D eigenvalue weighted by Crippen LogP contribution is 2.47. The Bertz CT molecular complexity index is 166. The minimum absolute atomic E-state index is 0.301. The molecule has 0 aliphatic carbocycles. The fourth-order valence-corrected chi connectivity index (χ4v) is 1.23. The molecule has 0 amide bonds. The van der Waals surface area contributed by atoms with E-state index in [2.05, 4.69) is 13.8 Å². The van der Waals surface area contributed by atoms with Crippen molar-refractivity contribution in [3.05, 3.63) is 0 Å². The van der Waals surface area contributed by atoms with Gasteiger partial charge in [0.1, 0.15) is 0 Å². The van der Waals surface area contributed by atoms with E-state index < -0.39 is 7.60 Å². The van der Waals surface area contributed by atoms with Crippen LogP contribution in [0, 0.1) is 5.92 Å². The van der Waals surface area contributed by atoms with E-state index >= 15 is 0 Å². The second-order valence-corrected chi connectivity index (χ2v) is 6.09. The van der Waals surface area contributed by atoms with E-state index in [-0.39, 0.29) is 5.66 Å². The van der Waals surface area contributed by atoms with Gasteiger partial charge >= 0.3 is 7.60 Å². The zero-order valence-electron chi connectivity index (χ0n) is 8.28. The topological polar surface area (TPSA) is 46.5 Å². The molecule has 0 aliphatic rings. The predicted molar refractivity (Wildman–Crippen MR) is 50.4 cm³/mol. The molecule has 0 radical (unpaired) electrons. The molecule has 4 heteroatoms. The van der Waals surface area contributed by atoms with Gasteiger partial charge in [0.05, 0.1) is 12.3 Å². The highest BCUT2D eigenvalue weighted by atomic mass is 31.2. The smallest absolute Gasteiger partial charge is 0.324 e. The van der Waals surface area contributed by atoms with Crippen LogP contribution in [0.2, 0.25) is 0 Å². The van der Waals surface area contributed by atoms with Crippen LogP contribution in [0.1, 0.15) is 34.1 Å². The van der Waals surface area contributed by atoms with Crippen LogP contribution in [0.4, 0.5) is 0 Å². The molecule has 0 saturated heterocycles. The average molecular weight is 194 g/mol. The zero-order valence-corrected chi connectivity index (χ0v) is 9.17. The average Bonchev–Trinajstić information content (AvgIpc) is 1.85. The van der Waals surface area contributed by atoms with Crippen LogP contribution in [0.15, 0.2) is 0 Å². The SMILES string of the molecule is CC(C)CCOP(=O)(O)C(C)C. The molecule has 0 spiro atoms. The summed E-state index contributed by atoms with van der Waals surface area (Å²) in [6, 6.07) is 0. The third kappa shape index (κ3) is 4.91. The predicted octanol–water partition coefficient (Wildman–Crippen LogP) is 2.64. The van der Waals surface area contributed by atoms with Crippen LogP contribution < -0.4 is 0 Å². The summed E-state index contributed by atoms with van der Waals surface area (Å²) in [5, 5.41) is 0. The monoisotopic (exact) mass is 194 g/mol. The molecule has 0 aromatic carbocycles. The molecule has 1 N–H and O–H groups in total. The van der Waals surface area contributed by atoms with E-state index in [0.29, 0.717) is 12.5 Å². The van der Waals surface area contributed by atoms with Gasteiger partial charge < -0.3 is 9.42 Å². The van der Waals surface area contributed by atoms with Crippen LogP contribution in [0.3, 0.4) is 0 Å². The molecule has 0 heterocycles. The van der Waals surface area contributed by atoms with Crippen LogP contribution in [-0.4, -0.2) is 17.2 Å². The number of hydrogen-bond donors (Lipinski definition) is 1. The van der Waals surface area contributed by atoms with Crippen molar-refractivity contribution in [2.75, 3.05) is 6.61 Å². The van der Waals surface area contributed by atoms with E-state index in [0.717, 1.165) is 6.42 Å². The molecule has 12 heavy (non-hydrogen) atoms. The molecule has 0 rings (SSSR count). The van der Waals surface area contributed by atoms with Crippen molar-refractivity contribution >= 4 is 7.60 Å². The molecule has 0 aliphatic heterocycles. The summed E-state index contributed by atoms with van der Waals surface area (Å²) >= 11 is 0. The molecule has 1 unspecified atom stereocenters. The summed E-state index contributed by atoms with van der Waals surface area (Å²) in [5.74, 6) is 0.511. The minimum Gasteiger partial charge on any atom is -0.324 e. The van der Waals surface area contributed by atoms with Gasteiger partial charge in [-0.15, -0.1) is 0 Å². The first-order chi connectivity index (χ1) is 5.36. The maximum Gasteiger partial charge on any atom is 0.330 e. The number of hydrogen-bond acceptors (Lipinski definition) is 2. The highest BCUT2D eigenvalue weighted by molar-refractivity contribution is 7.53. The van der Waals surface area contributed by atoms with Crippen molar-refractivity contribution in [1.82, 2.24) is 0 Å². The zero-order chi connectivity index (χ0) is 9.78. The Morgan fingerprint density at radius 3 is 2.17 bits per heavy atom. The van der Waals surface area contributed by atoms with Gasteiger partial charge in [-0.3, -0.25) is 4.57 Å². The van der Waals surface area contributed by atoms with Crippen LogP contribution in [-0.2, 0) is 9.09 Å². The van der Waals surface area contributed by atoms with Gasteiger partial charge in [0, 0.05) is 0 Å². The second-order valence-electron chi connectivity index (χ2n) is 3.67. The molecule has 0 fully saturated rings. The highest BCUT2D eigenvalue weighted by Gasteiger charge is 2.23. The normalized spacial score (nSPS) is 16.9. The maximum atomic E-state index is 11.2. The molecule has 0 saturated carbocycles. The van der Waals surface area contributed by atoms with Gasteiger partial charge in [0.25, 0.3) is 0 Å². The van der Waals surface area contributed by atoms with E-state index in [1.165, 1.54) is 0 Å². The van der Waals surface area contributed by atoms with E-state index in [9.17, 15) is 9.46 Å². The van der Waals surface area contributed by atoms with Crippen molar-refractivity contribution in [1.29, 1.82) is 0 Å². The van der Waals surface area contributed by atoms with E-state index in [1.807, 2.05) is 0 Å². The molecule has 1 atom stereocenters. The molecule has 3 nitrogen and oxygen atoms in total. The first-order valence-electron chi connectivity index (χ1n) is 4.33. The number of rotatable bonds is 5. The van der Waals surface area contributed by atoms with Crippen molar-refractivity contribution in [3.63, 3.8) is 0 Å². The Hall–Kier alpha value is 0.150. The van der Waals surface area contributed by atoms with Gasteiger partial charge in [0.15, 0.2) is 0 Å². The standard InChI is InChI=1S/C8H19O3P/c1-7(2)5-6-11-12(9,10)8(3)4/h7-8H,5-6H2,1-4H3,(H,9,10). The second kappa shape index (κ2) is 5.00. The Labute approximate surface area is 74.7 Å². The lowest BCUT2D eigenvalue weighted by Crippen LogP contribution is -2.04. The summed E-state index contributed by atoms with van der Waals surface area (Å²) < 4.78 is 16.1. The van der Waals surface area contributed by atoms with Crippen LogP contribution >= 0.6 is 7.60 Å². The van der Waals surface area contributed by atoms with Gasteiger partial charge in [-0.05, 0) is 12.3 Å². The first-order valence-corrected chi connectivity index (χ1v) is 5.98. The maximum absolute atomic E-state index is 11.2. The summed E-state index contributed by atoms with van der Waals surface area (Å²) in [5.41, 5.74) is -0.301. The van der Waals surface area contributed by atoms with Gasteiger partial charge in [-0.2, -0.15) is 0 Å². The molecule has 0 aromatic rings. The lowest BCUT2D eigenvalue weighted by atomic mass is 10.2. The Morgan fingerprint density at radius 1 is 1.33 bits per heavy atom. The Kier molecular flexibility index (Phi) is 5.07. The van der Waals surface area contributed by atoms with Crippen molar-refractivity contribution in [3.8, 4) is 0 Å². The third-order valence-electron chi connectivity index (χ3n) is 1.62. The lowest BCUT2D eigenvalue weighted by molar-refractivity contribution is 0.238. The fourth-order valence-electron chi connectivity index (χ4n) is 0.568. The quantitative estimate of drug-likeness (QED) is 0.684. The Balaban J connectivity index is 3.70. The molecule has 0 bridgehead atoms. The summed E-state index contributed by atoms with van der Waals surface area (Å²) in [4.78, 5) is 9.24. The molecular weight excluding hydrogens is 175 g/mol. The van der Waals surface area contributed by atoms with Gasteiger partial charge in [-0.1, -0.05) is 27.7 Å². The molecular formula is C8H19O3P. The van der Waals surface area contributed by atoms with Crippen LogP contribution in [0.25, 0.3) is 0 Å². The fraction of sp³-hybridized carbons (Fsp3) is 1.00. The lowest BCUT2D eigenvalue weighted by Gasteiger charge is -2.15. The Morgan fingerprint density at radius 2 is 1.83 bits per heavy atom. The summed E-state index contributed by atoms with van der Waals surface area (Å²) in [6.07, 6.45) is 0.831. The summed E-state index contributed by atoms with van der Waals surface area (Å²) in [6.45, 7) is 7.87. The minimum atomic E-state index is -3.32. The largest absolute Gasteiger partial charge is 0.330 e. The van der Waals surface area contributed by atoms with E-state index in [4.69, 9.17) is 4.52 Å². The van der Waals surface area contributed by atoms with Gasteiger partial charge in [-0.25, -0.2) is 0 Å².